The monoisotopic (exact) mass is 293 g/mol. The zero-order valence-corrected chi connectivity index (χ0v) is 12.3. The molecule has 5 heteroatoms. The van der Waals surface area contributed by atoms with Gasteiger partial charge in [0.05, 0.1) is 17.0 Å². The van der Waals surface area contributed by atoms with Gasteiger partial charge in [-0.1, -0.05) is 29.4 Å². The number of hydrogen-bond acceptors (Lipinski definition) is 4. The second-order valence-electron chi connectivity index (χ2n) is 4.93. The molecule has 0 aliphatic heterocycles. The van der Waals surface area contributed by atoms with E-state index in [0.29, 0.717) is 17.1 Å². The summed E-state index contributed by atoms with van der Waals surface area (Å²) >= 11 is 0. The van der Waals surface area contributed by atoms with Gasteiger partial charge in [0, 0.05) is 5.69 Å². The molecule has 0 fully saturated rings. The van der Waals surface area contributed by atoms with Gasteiger partial charge in [0.25, 0.3) is 5.91 Å². The number of anilines is 1. The van der Waals surface area contributed by atoms with Crippen LogP contribution in [-0.4, -0.2) is 16.0 Å². The molecule has 110 valence electrons. The Balaban J connectivity index is 1.90. The lowest BCUT2D eigenvalue weighted by molar-refractivity contribution is 0.102. The Bertz CT molecular complexity index is 790. The number of aryl methyl sites for hydroxylation is 2. The van der Waals surface area contributed by atoms with Crippen molar-refractivity contribution in [2.24, 2.45) is 0 Å². The fourth-order valence-corrected chi connectivity index (χ4v) is 2.27. The number of aromatic nitrogens is 2. The Morgan fingerprint density at radius 2 is 1.82 bits per heavy atom. The van der Waals surface area contributed by atoms with Crippen LogP contribution in [-0.2, 0) is 0 Å². The fourth-order valence-electron chi connectivity index (χ4n) is 2.27. The Morgan fingerprint density at radius 3 is 2.50 bits per heavy atom. The van der Waals surface area contributed by atoms with Crippen molar-refractivity contribution in [2.75, 3.05) is 5.32 Å². The topological polar surface area (TPSA) is 68.0 Å². The third-order valence-corrected chi connectivity index (χ3v) is 3.30. The van der Waals surface area contributed by atoms with Gasteiger partial charge in [-0.2, -0.15) is 0 Å². The molecule has 5 nitrogen and oxygen atoms in total. The van der Waals surface area contributed by atoms with E-state index >= 15 is 0 Å². The summed E-state index contributed by atoms with van der Waals surface area (Å²) in [6.07, 6.45) is 0. The molecule has 0 radical (unpaired) electrons. The first-order chi connectivity index (χ1) is 10.6. The molecule has 0 unspecified atom stereocenters. The van der Waals surface area contributed by atoms with Crippen LogP contribution in [0.1, 0.15) is 21.9 Å². The predicted octanol–water partition coefficient (Wildman–Crippen LogP) is 3.61. The number of nitrogens with zero attached hydrogens (tertiary/aromatic N) is 2. The third-order valence-electron chi connectivity index (χ3n) is 3.30. The number of para-hydroxylation sites is 1. The number of nitrogens with one attached hydrogen (secondary N) is 1. The Labute approximate surface area is 128 Å². The molecule has 0 saturated heterocycles. The number of pyridine rings is 1. The molecule has 1 amide bonds. The summed E-state index contributed by atoms with van der Waals surface area (Å²) in [5.74, 6) is 0.436. The smallest absolute Gasteiger partial charge is 0.274 e. The standard InChI is InChI=1S/C17H15N3O2/c1-11-16(12(2)22-20-11)14-9-6-10-15(19-14)17(21)18-13-7-4-3-5-8-13/h3-10H,1-2H3,(H,18,21). The third kappa shape index (κ3) is 2.74. The molecule has 22 heavy (non-hydrogen) atoms. The van der Waals surface area contributed by atoms with Gasteiger partial charge in [-0.3, -0.25) is 4.79 Å². The number of benzene rings is 1. The number of amides is 1. The van der Waals surface area contributed by atoms with Crippen LogP contribution in [0.25, 0.3) is 11.3 Å². The van der Waals surface area contributed by atoms with Crippen LogP contribution < -0.4 is 5.32 Å². The number of rotatable bonds is 3. The van der Waals surface area contributed by atoms with Crippen LogP contribution in [0, 0.1) is 13.8 Å². The largest absolute Gasteiger partial charge is 0.361 e. The normalized spacial score (nSPS) is 10.5. The highest BCUT2D eigenvalue weighted by Gasteiger charge is 2.15. The van der Waals surface area contributed by atoms with Gasteiger partial charge in [-0.25, -0.2) is 4.98 Å². The van der Waals surface area contributed by atoms with Gasteiger partial charge in [-0.15, -0.1) is 0 Å². The van der Waals surface area contributed by atoms with E-state index in [1.54, 1.807) is 12.1 Å². The lowest BCUT2D eigenvalue weighted by atomic mass is 10.1. The fraction of sp³-hybridized carbons (Fsp3) is 0.118. The highest BCUT2D eigenvalue weighted by Crippen LogP contribution is 2.25. The van der Waals surface area contributed by atoms with E-state index in [4.69, 9.17) is 4.52 Å². The van der Waals surface area contributed by atoms with Crippen LogP contribution in [0.5, 0.6) is 0 Å². The first-order valence-corrected chi connectivity index (χ1v) is 6.92. The first kappa shape index (κ1) is 14.0. The van der Waals surface area contributed by atoms with E-state index in [1.165, 1.54) is 0 Å². The van der Waals surface area contributed by atoms with E-state index in [1.807, 2.05) is 50.2 Å². The molecule has 3 aromatic rings. The predicted molar refractivity (Wildman–Crippen MR) is 83.6 cm³/mol. The van der Waals surface area contributed by atoms with Gasteiger partial charge in [-0.05, 0) is 38.1 Å². The van der Waals surface area contributed by atoms with Crippen molar-refractivity contribution >= 4 is 11.6 Å². The molecule has 2 heterocycles. The van der Waals surface area contributed by atoms with Crippen molar-refractivity contribution in [3.05, 3.63) is 65.7 Å². The molecule has 0 saturated carbocycles. The second-order valence-corrected chi connectivity index (χ2v) is 4.93. The molecule has 1 aromatic carbocycles. The molecule has 1 N–H and O–H groups in total. The van der Waals surface area contributed by atoms with Gasteiger partial charge < -0.3 is 9.84 Å². The second kappa shape index (κ2) is 5.81. The van der Waals surface area contributed by atoms with Crippen molar-refractivity contribution in [3.8, 4) is 11.3 Å². The van der Waals surface area contributed by atoms with Gasteiger partial charge in [0.2, 0.25) is 0 Å². The summed E-state index contributed by atoms with van der Waals surface area (Å²) in [6.45, 7) is 3.68. The molecule has 0 atom stereocenters. The average molecular weight is 293 g/mol. The minimum atomic E-state index is -0.250. The van der Waals surface area contributed by atoms with E-state index in [0.717, 1.165) is 16.9 Å². The lowest BCUT2D eigenvalue weighted by Gasteiger charge is -2.06. The number of carbonyl (C=O) groups excluding carboxylic acids is 1. The Kier molecular flexibility index (Phi) is 3.70. The molecular formula is C17H15N3O2. The molecule has 3 rings (SSSR count). The quantitative estimate of drug-likeness (QED) is 0.801. The van der Waals surface area contributed by atoms with E-state index < -0.39 is 0 Å². The SMILES string of the molecule is Cc1noc(C)c1-c1cccc(C(=O)Nc2ccccc2)n1. The van der Waals surface area contributed by atoms with Crippen LogP contribution in [0.2, 0.25) is 0 Å². The van der Waals surface area contributed by atoms with Crippen LogP contribution in [0.3, 0.4) is 0 Å². The Morgan fingerprint density at radius 1 is 1.05 bits per heavy atom. The minimum absolute atomic E-state index is 0.250. The molecule has 0 aliphatic rings. The lowest BCUT2D eigenvalue weighted by Crippen LogP contribution is -2.13. The van der Waals surface area contributed by atoms with E-state index in [-0.39, 0.29) is 5.91 Å². The van der Waals surface area contributed by atoms with Crippen molar-refractivity contribution in [3.63, 3.8) is 0 Å². The van der Waals surface area contributed by atoms with E-state index in [9.17, 15) is 4.79 Å². The summed E-state index contributed by atoms with van der Waals surface area (Å²) < 4.78 is 5.16. The zero-order chi connectivity index (χ0) is 15.5. The van der Waals surface area contributed by atoms with Gasteiger partial charge in [0.1, 0.15) is 11.5 Å². The maximum absolute atomic E-state index is 12.3. The molecule has 0 spiro atoms. The minimum Gasteiger partial charge on any atom is -0.361 e. The molecule has 0 aliphatic carbocycles. The maximum Gasteiger partial charge on any atom is 0.274 e. The van der Waals surface area contributed by atoms with E-state index in [2.05, 4.69) is 15.5 Å². The van der Waals surface area contributed by atoms with Crippen LogP contribution in [0.15, 0.2) is 53.1 Å². The summed E-state index contributed by atoms with van der Waals surface area (Å²) in [6, 6.07) is 14.6. The summed E-state index contributed by atoms with van der Waals surface area (Å²) in [5, 5.41) is 6.74. The highest BCUT2D eigenvalue weighted by atomic mass is 16.5. The zero-order valence-electron chi connectivity index (χ0n) is 12.3. The average Bonchev–Trinajstić information content (AvgIpc) is 2.87. The van der Waals surface area contributed by atoms with Gasteiger partial charge in [0.15, 0.2) is 0 Å². The number of carbonyl (C=O) groups is 1. The number of hydrogen-bond donors (Lipinski definition) is 1. The van der Waals surface area contributed by atoms with Crippen molar-refractivity contribution in [1.82, 2.24) is 10.1 Å². The van der Waals surface area contributed by atoms with Crippen molar-refractivity contribution < 1.29 is 9.32 Å². The molecule has 0 bridgehead atoms. The van der Waals surface area contributed by atoms with Gasteiger partial charge >= 0.3 is 0 Å². The van der Waals surface area contributed by atoms with Crippen LogP contribution in [0.4, 0.5) is 5.69 Å². The highest BCUT2D eigenvalue weighted by molar-refractivity contribution is 6.03. The first-order valence-electron chi connectivity index (χ1n) is 6.92. The van der Waals surface area contributed by atoms with Crippen molar-refractivity contribution in [2.45, 2.75) is 13.8 Å². The summed E-state index contributed by atoms with van der Waals surface area (Å²) in [5.41, 5.74) is 3.34. The van der Waals surface area contributed by atoms with Crippen molar-refractivity contribution in [1.29, 1.82) is 0 Å². The van der Waals surface area contributed by atoms with Crippen LogP contribution >= 0.6 is 0 Å². The maximum atomic E-state index is 12.3. The summed E-state index contributed by atoms with van der Waals surface area (Å²) in [4.78, 5) is 16.7. The Hall–Kier alpha value is -2.95. The summed E-state index contributed by atoms with van der Waals surface area (Å²) in [7, 11) is 0. The molecule has 2 aromatic heterocycles. The molecular weight excluding hydrogens is 278 g/mol.